The Labute approximate surface area is 72.8 Å². The van der Waals surface area contributed by atoms with Crippen LogP contribution in [0.15, 0.2) is 0 Å². The molecule has 0 aromatic heterocycles. The smallest absolute Gasteiger partial charge is 0.181 e. The Bertz CT molecular complexity index is 95.7. The summed E-state index contributed by atoms with van der Waals surface area (Å²) in [6.07, 6.45) is 0.523. The Hall–Kier alpha value is 0.0500. The molecule has 0 amide bonds. The third kappa shape index (κ3) is 8.05. The molecule has 1 N–H and O–H groups in total. The Morgan fingerprint density at radius 1 is 1.70 bits per heavy atom. The monoisotopic (exact) mass is 185 g/mol. The van der Waals surface area contributed by atoms with Crippen LogP contribution in [0.5, 0.6) is 0 Å². The van der Waals surface area contributed by atoms with E-state index in [2.05, 4.69) is 0 Å². The van der Waals surface area contributed by atoms with Crippen LogP contribution in [0.4, 0.5) is 0 Å². The van der Waals surface area contributed by atoms with E-state index in [1.807, 2.05) is 13.8 Å². The number of alkyl halides is 1. The maximum atomic E-state index is 7.11. The Morgan fingerprint density at radius 2 is 2.20 bits per heavy atom. The van der Waals surface area contributed by atoms with E-state index < -0.39 is 0 Å². The fourth-order valence-corrected chi connectivity index (χ4v) is 0.629. The number of hydrogen-bond donors (Lipinski definition) is 1. The molecule has 0 radical (unpaired) electrons. The van der Waals surface area contributed by atoms with Gasteiger partial charge in [0.05, 0.1) is 6.61 Å². The molecule has 0 rings (SSSR count). The van der Waals surface area contributed by atoms with Gasteiger partial charge in [-0.25, -0.2) is 0 Å². The lowest BCUT2D eigenvalue weighted by Crippen LogP contribution is -2.07. The van der Waals surface area contributed by atoms with Crippen molar-refractivity contribution in [2.24, 2.45) is 0 Å². The third-order valence-corrected chi connectivity index (χ3v) is 0.940. The van der Waals surface area contributed by atoms with Crippen LogP contribution in [-0.2, 0) is 4.74 Å². The summed E-state index contributed by atoms with van der Waals surface area (Å²) in [6, 6.07) is 0. The molecular weight excluding hydrogens is 173 g/mol. The van der Waals surface area contributed by atoms with Crippen LogP contribution in [0.3, 0.4) is 0 Å². The van der Waals surface area contributed by atoms with Gasteiger partial charge >= 0.3 is 0 Å². The number of ether oxygens (including phenoxy) is 1. The molecule has 62 valence electrons. The summed E-state index contributed by atoms with van der Waals surface area (Å²) < 4.78 is 4.85. The van der Waals surface area contributed by atoms with Gasteiger partial charge < -0.3 is 4.74 Å². The van der Waals surface area contributed by atoms with Crippen molar-refractivity contribution >= 4 is 29.9 Å². The molecule has 0 fully saturated rings. The quantitative estimate of drug-likeness (QED) is 0.409. The molecule has 0 heterocycles. The molecule has 0 aromatic rings. The van der Waals surface area contributed by atoms with Gasteiger partial charge in [0.15, 0.2) is 5.90 Å². The SMILES string of the molecule is CCOC(=N)CC(C)Cl.Cl. The first-order chi connectivity index (χ1) is 4.16. The Kier molecular flexibility index (Phi) is 9.10. The predicted octanol–water partition coefficient (Wildman–Crippen LogP) is 2.44. The first kappa shape index (κ1) is 12.7. The van der Waals surface area contributed by atoms with Gasteiger partial charge in [-0.05, 0) is 13.8 Å². The third-order valence-electron chi connectivity index (χ3n) is 0.785. The van der Waals surface area contributed by atoms with Gasteiger partial charge in [0.25, 0.3) is 0 Å². The maximum absolute atomic E-state index is 7.11. The van der Waals surface area contributed by atoms with Gasteiger partial charge in [-0.3, -0.25) is 5.41 Å². The highest BCUT2D eigenvalue weighted by molar-refractivity contribution is 6.21. The standard InChI is InChI=1S/C6H12ClNO.ClH/c1-3-9-6(8)4-5(2)7;/h5,8H,3-4H2,1-2H3;1H. The lowest BCUT2D eigenvalue weighted by molar-refractivity contribution is 0.314. The van der Waals surface area contributed by atoms with Crippen LogP contribution in [0, 0.1) is 5.41 Å². The molecule has 0 spiro atoms. The summed E-state index contributed by atoms with van der Waals surface area (Å²) in [5.74, 6) is 0.278. The summed E-state index contributed by atoms with van der Waals surface area (Å²) in [6.45, 7) is 4.25. The molecule has 0 saturated heterocycles. The number of hydrogen-bond acceptors (Lipinski definition) is 2. The first-order valence-corrected chi connectivity index (χ1v) is 3.44. The van der Waals surface area contributed by atoms with Crippen LogP contribution in [-0.4, -0.2) is 17.9 Å². The topological polar surface area (TPSA) is 33.1 Å². The highest BCUT2D eigenvalue weighted by Crippen LogP contribution is 2.00. The van der Waals surface area contributed by atoms with E-state index in [0.29, 0.717) is 13.0 Å². The second-order valence-electron chi connectivity index (χ2n) is 1.84. The fourth-order valence-electron chi connectivity index (χ4n) is 0.489. The molecule has 0 aromatic carbocycles. The van der Waals surface area contributed by atoms with Crippen LogP contribution >= 0.6 is 24.0 Å². The number of nitrogens with one attached hydrogen (secondary N) is 1. The summed E-state index contributed by atoms with van der Waals surface area (Å²) >= 11 is 5.59. The van der Waals surface area contributed by atoms with Crippen LogP contribution in [0.2, 0.25) is 0 Å². The van der Waals surface area contributed by atoms with Crippen molar-refractivity contribution in [3.8, 4) is 0 Å². The zero-order chi connectivity index (χ0) is 7.28. The van der Waals surface area contributed by atoms with Crippen molar-refractivity contribution in [2.75, 3.05) is 6.61 Å². The Balaban J connectivity index is 0. The lowest BCUT2D eigenvalue weighted by Gasteiger charge is -2.04. The Morgan fingerprint density at radius 3 is 2.50 bits per heavy atom. The zero-order valence-corrected chi connectivity index (χ0v) is 7.76. The number of halogens is 2. The van der Waals surface area contributed by atoms with Crippen LogP contribution in [0.1, 0.15) is 20.3 Å². The van der Waals surface area contributed by atoms with Crippen LogP contribution < -0.4 is 0 Å². The first-order valence-electron chi connectivity index (χ1n) is 3.01. The van der Waals surface area contributed by atoms with E-state index in [1.54, 1.807) is 0 Å². The minimum Gasteiger partial charge on any atom is -0.481 e. The molecule has 0 saturated carbocycles. The van der Waals surface area contributed by atoms with Crippen molar-refractivity contribution in [1.82, 2.24) is 0 Å². The van der Waals surface area contributed by atoms with Gasteiger partial charge in [-0.2, -0.15) is 0 Å². The van der Waals surface area contributed by atoms with E-state index in [1.165, 1.54) is 0 Å². The van der Waals surface area contributed by atoms with Gasteiger partial charge in [0.1, 0.15) is 0 Å². The molecule has 0 aliphatic rings. The minimum absolute atomic E-state index is 0. The van der Waals surface area contributed by atoms with E-state index in [0.717, 1.165) is 0 Å². The second kappa shape index (κ2) is 7.16. The van der Waals surface area contributed by atoms with Crippen LogP contribution in [0.25, 0.3) is 0 Å². The average Bonchev–Trinajstić information content (AvgIpc) is 1.63. The molecule has 0 aliphatic carbocycles. The summed E-state index contributed by atoms with van der Waals surface area (Å²) in [5.41, 5.74) is 0. The highest BCUT2D eigenvalue weighted by atomic mass is 35.5. The molecular formula is C6H13Cl2NO. The summed E-state index contributed by atoms with van der Waals surface area (Å²) in [7, 11) is 0. The van der Waals surface area contributed by atoms with Crippen molar-refractivity contribution in [3.63, 3.8) is 0 Å². The number of rotatable bonds is 3. The van der Waals surface area contributed by atoms with Gasteiger partial charge in [0.2, 0.25) is 0 Å². The molecule has 0 bridgehead atoms. The minimum atomic E-state index is 0. The van der Waals surface area contributed by atoms with Gasteiger partial charge in [-0.1, -0.05) is 0 Å². The average molecular weight is 186 g/mol. The van der Waals surface area contributed by atoms with E-state index in [-0.39, 0.29) is 23.7 Å². The largest absolute Gasteiger partial charge is 0.481 e. The molecule has 1 atom stereocenters. The normalized spacial score (nSPS) is 11.5. The van der Waals surface area contributed by atoms with E-state index in [9.17, 15) is 0 Å². The second-order valence-corrected chi connectivity index (χ2v) is 2.59. The molecule has 1 unspecified atom stereocenters. The van der Waals surface area contributed by atoms with Crippen molar-refractivity contribution < 1.29 is 4.74 Å². The van der Waals surface area contributed by atoms with Crippen molar-refractivity contribution in [2.45, 2.75) is 25.6 Å². The molecule has 10 heavy (non-hydrogen) atoms. The molecule has 0 aliphatic heterocycles. The van der Waals surface area contributed by atoms with Crippen molar-refractivity contribution in [1.29, 1.82) is 5.41 Å². The van der Waals surface area contributed by atoms with Gasteiger partial charge in [-0.15, -0.1) is 24.0 Å². The van der Waals surface area contributed by atoms with E-state index >= 15 is 0 Å². The molecule has 2 nitrogen and oxygen atoms in total. The van der Waals surface area contributed by atoms with Crippen molar-refractivity contribution in [3.05, 3.63) is 0 Å². The zero-order valence-electron chi connectivity index (χ0n) is 6.19. The molecule has 4 heteroatoms. The van der Waals surface area contributed by atoms with E-state index in [4.69, 9.17) is 21.7 Å². The van der Waals surface area contributed by atoms with Gasteiger partial charge in [0, 0.05) is 11.8 Å². The maximum Gasteiger partial charge on any atom is 0.181 e. The summed E-state index contributed by atoms with van der Waals surface area (Å²) in [4.78, 5) is 0. The summed E-state index contributed by atoms with van der Waals surface area (Å²) in [5, 5.41) is 7.12. The predicted molar refractivity (Wildman–Crippen MR) is 46.5 cm³/mol. The highest BCUT2D eigenvalue weighted by Gasteiger charge is 2.00. The fraction of sp³-hybridized carbons (Fsp3) is 0.833. The lowest BCUT2D eigenvalue weighted by atomic mass is 10.3.